The summed E-state index contributed by atoms with van der Waals surface area (Å²) in [6.07, 6.45) is -0.647. The molecule has 2 amide bonds. The number of para-hydroxylation sites is 1. The van der Waals surface area contributed by atoms with Crippen LogP contribution in [0.1, 0.15) is 26.7 Å². The molecule has 0 saturated carbocycles. The van der Waals surface area contributed by atoms with E-state index in [-0.39, 0.29) is 24.4 Å². The number of benzene rings is 1. The van der Waals surface area contributed by atoms with Crippen molar-refractivity contribution in [1.29, 1.82) is 0 Å². The summed E-state index contributed by atoms with van der Waals surface area (Å²) in [7, 11) is 0. The second-order valence-electron chi connectivity index (χ2n) is 4.36. The van der Waals surface area contributed by atoms with Gasteiger partial charge < -0.3 is 0 Å². The van der Waals surface area contributed by atoms with Gasteiger partial charge in [-0.25, -0.2) is 5.01 Å². The molecule has 0 saturated heterocycles. The first-order valence-corrected chi connectivity index (χ1v) is 6.06. The van der Waals surface area contributed by atoms with Crippen LogP contribution in [-0.2, 0) is 19.2 Å². The van der Waals surface area contributed by atoms with E-state index in [4.69, 9.17) is 0 Å². The van der Waals surface area contributed by atoms with Crippen molar-refractivity contribution in [2.24, 2.45) is 0 Å². The van der Waals surface area contributed by atoms with E-state index in [1.807, 2.05) is 0 Å². The van der Waals surface area contributed by atoms with E-state index in [1.54, 1.807) is 30.3 Å². The van der Waals surface area contributed by atoms with Gasteiger partial charge in [0.1, 0.15) is 11.6 Å². The minimum absolute atomic E-state index is 0.309. The second-order valence-corrected chi connectivity index (χ2v) is 4.36. The smallest absolute Gasteiger partial charge is 0.253 e. The zero-order valence-corrected chi connectivity index (χ0v) is 11.4. The highest BCUT2D eigenvalue weighted by Crippen LogP contribution is 2.12. The monoisotopic (exact) mass is 276 g/mol. The van der Waals surface area contributed by atoms with E-state index in [2.05, 4.69) is 5.43 Å². The molecule has 0 atom stereocenters. The predicted octanol–water partition coefficient (Wildman–Crippen LogP) is 1.01. The summed E-state index contributed by atoms with van der Waals surface area (Å²) >= 11 is 0. The van der Waals surface area contributed by atoms with E-state index in [9.17, 15) is 19.2 Å². The van der Waals surface area contributed by atoms with Gasteiger partial charge in [0.05, 0.1) is 18.5 Å². The molecular formula is C14H16N2O4. The van der Waals surface area contributed by atoms with Crippen LogP contribution >= 0.6 is 0 Å². The summed E-state index contributed by atoms with van der Waals surface area (Å²) < 4.78 is 0. The van der Waals surface area contributed by atoms with Gasteiger partial charge in [0.2, 0.25) is 5.91 Å². The largest absolute Gasteiger partial charge is 0.299 e. The van der Waals surface area contributed by atoms with Gasteiger partial charge in [-0.3, -0.25) is 24.6 Å². The molecule has 6 nitrogen and oxygen atoms in total. The Morgan fingerprint density at radius 2 is 1.50 bits per heavy atom. The van der Waals surface area contributed by atoms with Crippen LogP contribution < -0.4 is 10.4 Å². The van der Waals surface area contributed by atoms with Crippen LogP contribution in [0.25, 0.3) is 0 Å². The molecule has 0 spiro atoms. The van der Waals surface area contributed by atoms with Crippen LogP contribution in [-0.4, -0.2) is 23.4 Å². The van der Waals surface area contributed by atoms with Crippen LogP contribution in [0.2, 0.25) is 0 Å². The minimum atomic E-state index is -0.599. The number of anilines is 1. The van der Waals surface area contributed by atoms with Gasteiger partial charge in [0, 0.05) is 0 Å². The van der Waals surface area contributed by atoms with Gasteiger partial charge in [-0.15, -0.1) is 0 Å². The predicted molar refractivity (Wildman–Crippen MR) is 72.7 cm³/mol. The lowest BCUT2D eigenvalue weighted by Gasteiger charge is -2.22. The van der Waals surface area contributed by atoms with E-state index in [0.717, 1.165) is 5.01 Å². The number of carbonyl (C=O) groups excluding carboxylic acids is 4. The van der Waals surface area contributed by atoms with Gasteiger partial charge in [-0.1, -0.05) is 18.2 Å². The molecule has 0 aliphatic carbocycles. The normalized spacial score (nSPS) is 9.70. The van der Waals surface area contributed by atoms with Crippen molar-refractivity contribution < 1.29 is 19.2 Å². The third kappa shape index (κ3) is 5.01. The lowest BCUT2D eigenvalue weighted by Crippen LogP contribution is -2.47. The molecule has 0 bridgehead atoms. The summed E-state index contributed by atoms with van der Waals surface area (Å²) in [5.41, 5.74) is 2.77. The van der Waals surface area contributed by atoms with Crippen molar-refractivity contribution in [1.82, 2.24) is 5.43 Å². The van der Waals surface area contributed by atoms with E-state index >= 15 is 0 Å². The highest BCUT2D eigenvalue weighted by molar-refractivity contribution is 6.07. The summed E-state index contributed by atoms with van der Waals surface area (Å²) in [6, 6.07) is 8.38. The fraction of sp³-hybridized carbons (Fsp3) is 0.286. The number of amides is 2. The van der Waals surface area contributed by atoms with Crippen molar-refractivity contribution in [2.75, 3.05) is 5.01 Å². The summed E-state index contributed by atoms with van der Waals surface area (Å²) in [6.45, 7) is 2.57. The third-order valence-corrected chi connectivity index (χ3v) is 2.31. The maximum atomic E-state index is 12.0. The van der Waals surface area contributed by atoms with Crippen LogP contribution in [0.4, 0.5) is 5.69 Å². The highest BCUT2D eigenvalue weighted by atomic mass is 16.2. The topological polar surface area (TPSA) is 83.6 Å². The Hall–Kier alpha value is -2.50. The second kappa shape index (κ2) is 7.18. The molecule has 106 valence electrons. The number of Topliss-reactive ketones (excluding diaryl/α,β-unsaturated/α-hetero) is 2. The number of rotatable bonds is 5. The van der Waals surface area contributed by atoms with Crippen LogP contribution in [0.5, 0.6) is 0 Å². The van der Waals surface area contributed by atoms with Crippen molar-refractivity contribution in [3.05, 3.63) is 30.3 Å². The van der Waals surface area contributed by atoms with Crippen molar-refractivity contribution in [2.45, 2.75) is 26.7 Å². The van der Waals surface area contributed by atoms with Crippen molar-refractivity contribution >= 4 is 29.1 Å². The molecule has 20 heavy (non-hydrogen) atoms. The van der Waals surface area contributed by atoms with Gasteiger partial charge in [0.15, 0.2) is 0 Å². The number of hydrogen-bond acceptors (Lipinski definition) is 4. The van der Waals surface area contributed by atoms with Gasteiger partial charge in [-0.05, 0) is 26.0 Å². The molecule has 0 aliphatic heterocycles. The number of carbonyl (C=O) groups is 4. The molecule has 1 aromatic rings. The zero-order valence-electron chi connectivity index (χ0n) is 11.4. The van der Waals surface area contributed by atoms with Crippen molar-refractivity contribution in [3.63, 3.8) is 0 Å². The SMILES string of the molecule is CC(=O)CC(=O)NN(C(=O)CC(C)=O)c1ccccc1. The maximum Gasteiger partial charge on any atom is 0.253 e. The van der Waals surface area contributed by atoms with Crippen molar-refractivity contribution in [3.8, 4) is 0 Å². The molecule has 1 rings (SSSR count). The number of nitrogens with zero attached hydrogens (tertiary/aromatic N) is 1. The van der Waals surface area contributed by atoms with E-state index < -0.39 is 11.8 Å². The Labute approximate surface area is 116 Å². The van der Waals surface area contributed by atoms with E-state index in [1.165, 1.54) is 13.8 Å². The van der Waals surface area contributed by atoms with Gasteiger partial charge in [-0.2, -0.15) is 0 Å². The lowest BCUT2D eigenvalue weighted by molar-refractivity contribution is -0.131. The van der Waals surface area contributed by atoms with E-state index in [0.29, 0.717) is 5.69 Å². The van der Waals surface area contributed by atoms with Gasteiger partial charge in [0.25, 0.3) is 5.91 Å². The Kier molecular flexibility index (Phi) is 5.58. The highest BCUT2D eigenvalue weighted by Gasteiger charge is 2.20. The maximum absolute atomic E-state index is 12.0. The molecule has 6 heteroatoms. The molecule has 0 heterocycles. The first-order chi connectivity index (χ1) is 9.40. The summed E-state index contributed by atoms with van der Waals surface area (Å²) in [5.74, 6) is -1.77. The molecule has 0 radical (unpaired) electrons. The molecule has 0 aromatic heterocycles. The number of hydrogen-bond donors (Lipinski definition) is 1. The standard InChI is InChI=1S/C14H16N2O4/c1-10(17)8-13(19)15-16(14(20)9-11(2)18)12-6-4-3-5-7-12/h3-7H,8-9H2,1-2H3,(H,15,19). The third-order valence-electron chi connectivity index (χ3n) is 2.31. The summed E-state index contributed by atoms with van der Waals surface area (Å²) in [5, 5.41) is 0.993. The Balaban J connectivity index is 2.90. The van der Waals surface area contributed by atoms with Crippen LogP contribution in [0.3, 0.4) is 0 Å². The average molecular weight is 276 g/mol. The minimum Gasteiger partial charge on any atom is -0.299 e. The Morgan fingerprint density at radius 3 is 2.00 bits per heavy atom. The molecule has 0 aliphatic rings. The fourth-order valence-electron chi connectivity index (χ4n) is 1.53. The number of nitrogens with one attached hydrogen (secondary N) is 1. The van der Waals surface area contributed by atoms with Gasteiger partial charge >= 0.3 is 0 Å². The van der Waals surface area contributed by atoms with Crippen LogP contribution in [0.15, 0.2) is 30.3 Å². The molecular weight excluding hydrogens is 260 g/mol. The quantitative estimate of drug-likeness (QED) is 0.642. The zero-order chi connectivity index (χ0) is 15.1. The lowest BCUT2D eigenvalue weighted by atomic mass is 10.2. The Bertz CT molecular complexity index is 525. The first-order valence-electron chi connectivity index (χ1n) is 6.06. The fourth-order valence-corrected chi connectivity index (χ4v) is 1.53. The molecule has 0 fully saturated rings. The molecule has 1 aromatic carbocycles. The first kappa shape index (κ1) is 15.6. The molecule has 1 N–H and O–H groups in total. The Morgan fingerprint density at radius 1 is 0.950 bits per heavy atom. The average Bonchev–Trinajstić information content (AvgIpc) is 2.35. The molecule has 0 unspecified atom stereocenters. The van der Waals surface area contributed by atoms with Crippen LogP contribution in [0, 0.1) is 0 Å². The number of ketones is 2. The number of hydrazine groups is 1. The summed E-state index contributed by atoms with van der Waals surface area (Å²) in [4.78, 5) is 45.5.